The number of nitrogens with one attached hydrogen (secondary N) is 1. The largest absolute Gasteiger partial charge is 0.392 e. The number of aliphatic hydroxyl groups is 1. The normalized spacial score (nSPS) is 14.2. The summed E-state index contributed by atoms with van der Waals surface area (Å²) in [5.41, 5.74) is 4.15. The fourth-order valence-corrected chi connectivity index (χ4v) is 5.39. The standard InChI is InChI=1S/C27H29N9O3/c1-5-34-14-23(30-32-34)29-20-11-19(31-33(4)25(20)38)17-6-7-28-24(18(17)15-37)36-9-8-35-21(26(36)39)10-16-12-27(2,3)13-22(16)35/h6-11,14,29,37H,5,12-13,15H2,1-4H3. The topological polar surface area (TPSA) is 137 Å². The molecule has 200 valence electrons. The highest BCUT2D eigenvalue weighted by atomic mass is 16.3. The molecule has 0 radical (unpaired) electrons. The van der Waals surface area contributed by atoms with Crippen molar-refractivity contribution >= 4 is 17.0 Å². The number of anilines is 2. The third kappa shape index (κ3) is 4.13. The Hall–Kier alpha value is -4.58. The molecule has 1 aliphatic carbocycles. The molecule has 2 N–H and O–H groups in total. The molecule has 6 rings (SSSR count). The number of aliphatic hydroxyl groups excluding tert-OH is 1. The molecule has 5 aromatic rings. The number of aromatic nitrogens is 8. The summed E-state index contributed by atoms with van der Waals surface area (Å²) in [6.07, 6.45) is 8.65. The lowest BCUT2D eigenvalue weighted by molar-refractivity contribution is 0.281. The molecule has 5 heterocycles. The highest BCUT2D eigenvalue weighted by molar-refractivity contribution is 5.70. The average Bonchev–Trinajstić information content (AvgIpc) is 3.59. The van der Waals surface area contributed by atoms with Crippen molar-refractivity contribution in [3.05, 3.63) is 80.5 Å². The van der Waals surface area contributed by atoms with Gasteiger partial charge in [0.25, 0.3) is 11.1 Å². The van der Waals surface area contributed by atoms with Gasteiger partial charge in [-0.25, -0.2) is 9.67 Å². The van der Waals surface area contributed by atoms with Crippen molar-refractivity contribution in [2.75, 3.05) is 5.32 Å². The third-order valence-electron chi connectivity index (χ3n) is 7.23. The Kier molecular flexibility index (Phi) is 5.72. The SMILES string of the molecule is CCn1cc(Nc2cc(-c3ccnc(-n4ccn5c6c(cc5c4=O)CC(C)(C)C6)c3CO)nn(C)c2=O)nn1. The van der Waals surface area contributed by atoms with Crippen molar-refractivity contribution in [3.63, 3.8) is 0 Å². The van der Waals surface area contributed by atoms with E-state index >= 15 is 0 Å². The van der Waals surface area contributed by atoms with Gasteiger partial charge in [0.15, 0.2) is 5.82 Å². The average molecular weight is 528 g/mol. The molecule has 5 aromatic heterocycles. The molecular formula is C27H29N9O3. The zero-order valence-electron chi connectivity index (χ0n) is 22.2. The molecule has 0 aromatic carbocycles. The van der Waals surface area contributed by atoms with Crippen LogP contribution in [0.25, 0.3) is 22.6 Å². The minimum atomic E-state index is -0.389. The van der Waals surface area contributed by atoms with E-state index in [0.717, 1.165) is 18.5 Å². The maximum absolute atomic E-state index is 13.6. The van der Waals surface area contributed by atoms with Crippen molar-refractivity contribution in [3.8, 4) is 17.1 Å². The first-order chi connectivity index (χ1) is 18.7. The molecule has 0 amide bonds. The molecule has 0 unspecified atom stereocenters. The van der Waals surface area contributed by atoms with Crippen molar-refractivity contribution < 1.29 is 5.11 Å². The van der Waals surface area contributed by atoms with E-state index in [-0.39, 0.29) is 28.8 Å². The molecule has 39 heavy (non-hydrogen) atoms. The number of rotatable bonds is 6. The summed E-state index contributed by atoms with van der Waals surface area (Å²) in [7, 11) is 1.55. The van der Waals surface area contributed by atoms with Crippen LogP contribution in [0, 0.1) is 5.41 Å². The fraction of sp³-hybridized carbons (Fsp3) is 0.333. The molecule has 12 heteroatoms. The van der Waals surface area contributed by atoms with Crippen LogP contribution in [-0.2, 0) is 33.0 Å². The minimum absolute atomic E-state index is 0.170. The van der Waals surface area contributed by atoms with E-state index in [2.05, 4.69) is 39.6 Å². The van der Waals surface area contributed by atoms with Crippen LogP contribution >= 0.6 is 0 Å². The molecule has 1 aliphatic rings. The first-order valence-electron chi connectivity index (χ1n) is 12.8. The van der Waals surface area contributed by atoms with Gasteiger partial charge >= 0.3 is 0 Å². The van der Waals surface area contributed by atoms with E-state index in [1.54, 1.807) is 42.5 Å². The van der Waals surface area contributed by atoms with E-state index in [1.807, 2.05) is 23.6 Å². The van der Waals surface area contributed by atoms with Gasteiger partial charge in [-0.05, 0) is 48.9 Å². The Balaban J connectivity index is 1.45. The second kappa shape index (κ2) is 9.02. The smallest absolute Gasteiger partial charge is 0.290 e. The summed E-state index contributed by atoms with van der Waals surface area (Å²) < 4.78 is 6.27. The predicted molar refractivity (Wildman–Crippen MR) is 145 cm³/mol. The Morgan fingerprint density at radius 1 is 1.13 bits per heavy atom. The van der Waals surface area contributed by atoms with Gasteiger partial charge in [0.2, 0.25) is 0 Å². The molecule has 0 atom stereocenters. The molecule has 0 fully saturated rings. The molecule has 0 spiro atoms. The van der Waals surface area contributed by atoms with E-state index < -0.39 is 0 Å². The first kappa shape index (κ1) is 24.7. The second-order valence-electron chi connectivity index (χ2n) is 10.6. The van der Waals surface area contributed by atoms with Crippen LogP contribution in [0.5, 0.6) is 0 Å². The summed E-state index contributed by atoms with van der Waals surface area (Å²) in [6.45, 7) is 6.65. The fourth-order valence-electron chi connectivity index (χ4n) is 5.39. The number of pyridine rings is 1. The molecule has 0 aliphatic heterocycles. The van der Waals surface area contributed by atoms with Gasteiger partial charge in [0.05, 0.1) is 18.5 Å². The lowest BCUT2D eigenvalue weighted by Gasteiger charge is -2.17. The summed E-state index contributed by atoms with van der Waals surface area (Å²) >= 11 is 0. The zero-order chi connectivity index (χ0) is 27.5. The summed E-state index contributed by atoms with van der Waals surface area (Å²) in [6, 6.07) is 5.26. The van der Waals surface area contributed by atoms with Gasteiger partial charge in [0, 0.05) is 49.0 Å². The summed E-state index contributed by atoms with van der Waals surface area (Å²) in [5.74, 6) is 0.728. The van der Waals surface area contributed by atoms with Gasteiger partial charge < -0.3 is 14.8 Å². The summed E-state index contributed by atoms with van der Waals surface area (Å²) in [5, 5.41) is 25.9. The monoisotopic (exact) mass is 527 g/mol. The van der Waals surface area contributed by atoms with Crippen LogP contribution in [0.15, 0.2) is 52.6 Å². The third-order valence-corrected chi connectivity index (χ3v) is 7.23. The van der Waals surface area contributed by atoms with Crippen LogP contribution < -0.4 is 16.4 Å². The molecule has 0 bridgehead atoms. The van der Waals surface area contributed by atoms with Crippen LogP contribution in [0.4, 0.5) is 11.5 Å². The van der Waals surface area contributed by atoms with Gasteiger partial charge in [-0.1, -0.05) is 19.1 Å². The van der Waals surface area contributed by atoms with Gasteiger partial charge in [-0.3, -0.25) is 18.8 Å². The van der Waals surface area contributed by atoms with Crippen LogP contribution in [0.3, 0.4) is 0 Å². The number of nitrogens with zero attached hydrogens (tertiary/aromatic N) is 8. The molecule has 12 nitrogen and oxygen atoms in total. The molecule has 0 saturated heterocycles. The van der Waals surface area contributed by atoms with E-state index in [9.17, 15) is 14.7 Å². The molecular weight excluding hydrogens is 498 g/mol. The van der Waals surface area contributed by atoms with Crippen LogP contribution in [0.2, 0.25) is 0 Å². The van der Waals surface area contributed by atoms with Gasteiger partial charge in [-0.2, -0.15) is 5.10 Å². The van der Waals surface area contributed by atoms with Gasteiger partial charge in [0.1, 0.15) is 17.0 Å². The number of hydrogen-bond acceptors (Lipinski definition) is 8. The maximum atomic E-state index is 13.6. The van der Waals surface area contributed by atoms with E-state index in [0.29, 0.717) is 40.5 Å². The van der Waals surface area contributed by atoms with Crippen molar-refractivity contribution in [2.45, 2.75) is 46.8 Å². The Bertz CT molecular complexity index is 1860. The second-order valence-corrected chi connectivity index (χ2v) is 10.6. The highest BCUT2D eigenvalue weighted by Crippen LogP contribution is 2.37. The van der Waals surface area contributed by atoms with E-state index in [4.69, 9.17) is 0 Å². The maximum Gasteiger partial charge on any atom is 0.290 e. The van der Waals surface area contributed by atoms with Gasteiger partial charge in [-0.15, -0.1) is 5.10 Å². The van der Waals surface area contributed by atoms with Crippen molar-refractivity contribution in [1.29, 1.82) is 0 Å². The Morgan fingerprint density at radius 2 is 1.95 bits per heavy atom. The minimum Gasteiger partial charge on any atom is -0.392 e. The zero-order valence-corrected chi connectivity index (χ0v) is 22.2. The predicted octanol–water partition coefficient (Wildman–Crippen LogP) is 2.22. The quantitative estimate of drug-likeness (QED) is 0.343. The lowest BCUT2D eigenvalue weighted by Crippen LogP contribution is -2.24. The van der Waals surface area contributed by atoms with Crippen molar-refractivity contribution in [1.82, 2.24) is 38.7 Å². The molecule has 0 saturated carbocycles. The number of hydrogen-bond donors (Lipinski definition) is 2. The lowest BCUT2D eigenvalue weighted by atomic mass is 9.90. The van der Waals surface area contributed by atoms with Crippen molar-refractivity contribution in [2.24, 2.45) is 12.5 Å². The van der Waals surface area contributed by atoms with Crippen LogP contribution in [-0.4, -0.2) is 43.8 Å². The van der Waals surface area contributed by atoms with E-state index in [1.165, 1.54) is 14.8 Å². The first-order valence-corrected chi connectivity index (χ1v) is 12.8. The highest BCUT2D eigenvalue weighted by Gasteiger charge is 2.31. The number of aryl methyl sites for hydroxylation is 2. The summed E-state index contributed by atoms with van der Waals surface area (Å²) in [4.78, 5) is 30.9. The Labute approximate surface area is 223 Å². The van der Waals surface area contributed by atoms with Crippen LogP contribution in [0.1, 0.15) is 37.6 Å². The number of fused-ring (bicyclic) bond motifs is 3. The Morgan fingerprint density at radius 3 is 2.69 bits per heavy atom.